The molecule has 1 aromatic carbocycles. The van der Waals surface area contributed by atoms with Crippen molar-refractivity contribution in [1.82, 2.24) is 4.72 Å². The first kappa shape index (κ1) is 18.5. The van der Waals surface area contributed by atoms with Crippen molar-refractivity contribution in [3.63, 3.8) is 0 Å². The molecule has 0 radical (unpaired) electrons. The number of sulfonamides is 1. The van der Waals surface area contributed by atoms with Crippen molar-refractivity contribution in [1.29, 1.82) is 0 Å². The second-order valence-electron chi connectivity index (χ2n) is 5.16. The fraction of sp³-hybridized carbons (Fsp3) is 0.600. The Labute approximate surface area is 132 Å². The quantitative estimate of drug-likeness (QED) is 0.647. The van der Waals surface area contributed by atoms with E-state index < -0.39 is 10.0 Å². The molecule has 1 atom stereocenters. The standard InChI is InChI=1S/C15H26N2O2S2/c1-13(16)14-7-9-15(10-8-14)21(18,19)17-11-5-3-4-6-12-20-2/h7-10,13,17H,3-6,11-12,16H2,1-2H3. The average Bonchev–Trinajstić information content (AvgIpc) is 2.46. The summed E-state index contributed by atoms with van der Waals surface area (Å²) in [5.74, 6) is 1.18. The number of nitrogens with one attached hydrogen (secondary N) is 1. The van der Waals surface area contributed by atoms with Crippen molar-refractivity contribution in [3.05, 3.63) is 29.8 Å². The Morgan fingerprint density at radius 3 is 2.33 bits per heavy atom. The van der Waals surface area contributed by atoms with Crippen LogP contribution in [0, 0.1) is 0 Å². The van der Waals surface area contributed by atoms with E-state index in [4.69, 9.17) is 5.73 Å². The predicted molar refractivity (Wildman–Crippen MR) is 91.1 cm³/mol. The third kappa shape index (κ3) is 6.82. The highest BCUT2D eigenvalue weighted by Gasteiger charge is 2.13. The Hall–Kier alpha value is -0.560. The van der Waals surface area contributed by atoms with Gasteiger partial charge < -0.3 is 5.73 Å². The van der Waals surface area contributed by atoms with Crippen molar-refractivity contribution in [3.8, 4) is 0 Å². The molecule has 0 saturated carbocycles. The van der Waals surface area contributed by atoms with Gasteiger partial charge >= 0.3 is 0 Å². The fourth-order valence-corrected chi connectivity index (χ4v) is 3.53. The van der Waals surface area contributed by atoms with E-state index in [9.17, 15) is 8.42 Å². The summed E-state index contributed by atoms with van der Waals surface area (Å²) in [6.45, 7) is 2.37. The van der Waals surface area contributed by atoms with E-state index in [2.05, 4.69) is 11.0 Å². The zero-order valence-corrected chi connectivity index (χ0v) is 14.5. The highest BCUT2D eigenvalue weighted by molar-refractivity contribution is 7.98. The van der Waals surface area contributed by atoms with Crippen LogP contribution in [0.2, 0.25) is 0 Å². The van der Waals surface area contributed by atoms with E-state index in [1.165, 1.54) is 12.2 Å². The van der Waals surface area contributed by atoms with Crippen molar-refractivity contribution in [2.75, 3.05) is 18.6 Å². The van der Waals surface area contributed by atoms with Crippen LogP contribution in [-0.4, -0.2) is 27.0 Å². The Balaban J connectivity index is 2.39. The maximum atomic E-state index is 12.1. The van der Waals surface area contributed by atoms with E-state index in [0.29, 0.717) is 11.4 Å². The number of benzene rings is 1. The topological polar surface area (TPSA) is 72.2 Å². The minimum absolute atomic E-state index is 0.0870. The molecule has 4 nitrogen and oxygen atoms in total. The molecule has 0 saturated heterocycles. The molecule has 21 heavy (non-hydrogen) atoms. The number of hydrogen-bond acceptors (Lipinski definition) is 4. The van der Waals surface area contributed by atoms with E-state index >= 15 is 0 Å². The Morgan fingerprint density at radius 1 is 1.14 bits per heavy atom. The summed E-state index contributed by atoms with van der Waals surface area (Å²) >= 11 is 1.85. The first-order chi connectivity index (χ1) is 9.97. The summed E-state index contributed by atoms with van der Waals surface area (Å²) in [4.78, 5) is 0.300. The van der Waals surface area contributed by atoms with E-state index in [-0.39, 0.29) is 6.04 Å². The van der Waals surface area contributed by atoms with Crippen LogP contribution in [0.3, 0.4) is 0 Å². The second-order valence-corrected chi connectivity index (χ2v) is 7.92. The second kappa shape index (κ2) is 9.46. The average molecular weight is 331 g/mol. The Bertz CT molecular complexity index is 499. The van der Waals surface area contributed by atoms with Crippen molar-refractivity contribution in [2.24, 2.45) is 5.73 Å². The molecule has 0 aromatic heterocycles. The molecule has 0 aliphatic rings. The summed E-state index contributed by atoms with van der Waals surface area (Å²) in [6, 6.07) is 6.67. The molecule has 0 heterocycles. The van der Waals surface area contributed by atoms with Crippen LogP contribution in [0.15, 0.2) is 29.2 Å². The predicted octanol–water partition coefficient (Wildman–Crippen LogP) is 2.91. The first-order valence-electron chi connectivity index (χ1n) is 7.31. The van der Waals surface area contributed by atoms with Gasteiger partial charge in [0.15, 0.2) is 0 Å². The smallest absolute Gasteiger partial charge is 0.240 e. The van der Waals surface area contributed by atoms with E-state index in [1.54, 1.807) is 24.3 Å². The normalized spacial score (nSPS) is 13.3. The van der Waals surface area contributed by atoms with Gasteiger partial charge in [0.1, 0.15) is 0 Å². The zero-order valence-electron chi connectivity index (χ0n) is 12.8. The number of rotatable bonds is 10. The van der Waals surface area contributed by atoms with Gasteiger partial charge in [-0.05, 0) is 49.5 Å². The summed E-state index contributed by atoms with van der Waals surface area (Å²) in [6.07, 6.45) is 6.40. The van der Waals surface area contributed by atoms with Gasteiger partial charge in [-0.25, -0.2) is 13.1 Å². The minimum Gasteiger partial charge on any atom is -0.324 e. The van der Waals surface area contributed by atoms with Crippen LogP contribution < -0.4 is 10.5 Å². The van der Waals surface area contributed by atoms with Gasteiger partial charge in [-0.1, -0.05) is 25.0 Å². The molecular formula is C15H26N2O2S2. The third-order valence-corrected chi connectivity index (χ3v) is 5.46. The SMILES string of the molecule is CSCCCCCCNS(=O)(=O)c1ccc(C(C)N)cc1. The molecule has 1 rings (SSSR count). The molecule has 0 aliphatic carbocycles. The van der Waals surface area contributed by atoms with Crippen LogP contribution in [0.25, 0.3) is 0 Å². The van der Waals surface area contributed by atoms with Gasteiger partial charge in [0.2, 0.25) is 10.0 Å². The van der Waals surface area contributed by atoms with Crippen LogP contribution in [0.4, 0.5) is 0 Å². The zero-order chi connectivity index (χ0) is 15.7. The molecule has 0 bridgehead atoms. The summed E-state index contributed by atoms with van der Waals surface area (Å²) in [7, 11) is -3.40. The minimum atomic E-state index is -3.40. The fourth-order valence-electron chi connectivity index (χ4n) is 1.97. The van der Waals surface area contributed by atoms with Gasteiger partial charge in [-0.2, -0.15) is 11.8 Å². The van der Waals surface area contributed by atoms with Gasteiger partial charge in [0.05, 0.1) is 4.90 Å². The number of unbranched alkanes of at least 4 members (excludes halogenated alkanes) is 3. The van der Waals surface area contributed by atoms with Crippen molar-refractivity contribution >= 4 is 21.8 Å². The monoisotopic (exact) mass is 330 g/mol. The third-order valence-electron chi connectivity index (χ3n) is 3.28. The molecule has 0 fully saturated rings. The maximum absolute atomic E-state index is 12.1. The highest BCUT2D eigenvalue weighted by atomic mass is 32.2. The summed E-state index contributed by atoms with van der Waals surface area (Å²) in [5.41, 5.74) is 6.69. The van der Waals surface area contributed by atoms with Gasteiger partial charge in [0, 0.05) is 12.6 Å². The van der Waals surface area contributed by atoms with E-state index in [1.807, 2.05) is 18.7 Å². The highest BCUT2D eigenvalue weighted by Crippen LogP contribution is 2.14. The first-order valence-corrected chi connectivity index (χ1v) is 10.2. The molecule has 0 amide bonds. The van der Waals surface area contributed by atoms with Crippen molar-refractivity contribution < 1.29 is 8.42 Å². The Kier molecular flexibility index (Phi) is 8.33. The summed E-state index contributed by atoms with van der Waals surface area (Å²) in [5, 5.41) is 0. The van der Waals surface area contributed by atoms with Crippen LogP contribution >= 0.6 is 11.8 Å². The van der Waals surface area contributed by atoms with Gasteiger partial charge in [-0.15, -0.1) is 0 Å². The summed E-state index contributed by atoms with van der Waals surface area (Å²) < 4.78 is 26.9. The largest absolute Gasteiger partial charge is 0.324 e. The van der Waals surface area contributed by atoms with Crippen LogP contribution in [0.5, 0.6) is 0 Å². The lowest BCUT2D eigenvalue weighted by Gasteiger charge is -2.09. The molecule has 1 unspecified atom stereocenters. The number of nitrogens with two attached hydrogens (primary N) is 1. The van der Waals surface area contributed by atoms with Crippen LogP contribution in [0.1, 0.15) is 44.2 Å². The maximum Gasteiger partial charge on any atom is 0.240 e. The molecule has 120 valence electrons. The van der Waals surface area contributed by atoms with Crippen molar-refractivity contribution in [2.45, 2.75) is 43.5 Å². The molecule has 0 spiro atoms. The molecule has 1 aromatic rings. The number of thioether (sulfide) groups is 1. The lowest BCUT2D eigenvalue weighted by Crippen LogP contribution is -2.24. The van der Waals surface area contributed by atoms with E-state index in [0.717, 1.165) is 24.8 Å². The van der Waals surface area contributed by atoms with Gasteiger partial charge in [-0.3, -0.25) is 0 Å². The molecular weight excluding hydrogens is 304 g/mol. The molecule has 3 N–H and O–H groups in total. The molecule has 6 heteroatoms. The lowest BCUT2D eigenvalue weighted by molar-refractivity contribution is 0.574. The number of hydrogen-bond donors (Lipinski definition) is 2. The van der Waals surface area contributed by atoms with Crippen LogP contribution in [-0.2, 0) is 10.0 Å². The molecule has 0 aliphatic heterocycles. The van der Waals surface area contributed by atoms with Gasteiger partial charge in [0.25, 0.3) is 0 Å². The Morgan fingerprint density at radius 2 is 1.76 bits per heavy atom. The lowest BCUT2D eigenvalue weighted by atomic mass is 10.1.